The van der Waals surface area contributed by atoms with Crippen molar-refractivity contribution in [1.82, 2.24) is 10.2 Å². The number of carbonyl (C=O) groups excluding carboxylic acids is 2. The molecule has 0 radical (unpaired) electrons. The fourth-order valence-electron chi connectivity index (χ4n) is 4.76. The van der Waals surface area contributed by atoms with E-state index in [2.05, 4.69) is 5.32 Å². The first kappa shape index (κ1) is 24.1. The molecule has 4 aromatic rings. The Morgan fingerprint density at radius 1 is 0.865 bits per heavy atom. The van der Waals surface area contributed by atoms with Gasteiger partial charge in [0.2, 0.25) is 0 Å². The maximum absolute atomic E-state index is 13.5. The zero-order chi connectivity index (χ0) is 25.8. The number of benzene rings is 4. The number of amides is 2. The number of fused-ring (bicyclic) bond motifs is 1. The summed E-state index contributed by atoms with van der Waals surface area (Å²) in [6, 6.07) is 30.3. The van der Waals surface area contributed by atoms with Gasteiger partial charge in [-0.3, -0.25) is 4.90 Å². The van der Waals surface area contributed by atoms with Gasteiger partial charge in [0.15, 0.2) is 0 Å². The van der Waals surface area contributed by atoms with Crippen molar-refractivity contribution >= 4 is 22.8 Å². The van der Waals surface area contributed by atoms with Gasteiger partial charge in [-0.15, -0.1) is 0 Å². The van der Waals surface area contributed by atoms with Crippen LogP contribution in [0.2, 0.25) is 0 Å². The average Bonchev–Trinajstić information content (AvgIpc) is 2.94. The van der Waals surface area contributed by atoms with Gasteiger partial charge in [-0.05, 0) is 34.9 Å². The molecule has 1 heterocycles. The standard InChI is InChI=1S/C31H28N2O4/c1-21-27(30(34)36-2)29(32-31(35)33(21)19-22-11-5-3-6-12-22)28-25-16-10-9-15-24(25)17-18-26(28)37-20-23-13-7-4-8-14-23/h3-18,29H,19-20H2,1-2H3,(H,32,35). The lowest BCUT2D eigenvalue weighted by Crippen LogP contribution is -2.47. The van der Waals surface area contributed by atoms with E-state index in [1.54, 1.807) is 11.8 Å². The van der Waals surface area contributed by atoms with E-state index in [0.29, 0.717) is 30.2 Å². The Labute approximate surface area is 216 Å². The second kappa shape index (κ2) is 10.6. The molecule has 1 aliphatic rings. The SMILES string of the molecule is COC(=O)C1=C(C)N(Cc2ccccc2)C(=O)NC1c1c(OCc2ccccc2)ccc2ccccc12. The second-order valence-electron chi connectivity index (χ2n) is 8.92. The molecule has 0 saturated carbocycles. The van der Waals surface area contributed by atoms with Gasteiger partial charge in [-0.2, -0.15) is 0 Å². The lowest BCUT2D eigenvalue weighted by Gasteiger charge is -2.36. The summed E-state index contributed by atoms with van der Waals surface area (Å²) < 4.78 is 11.5. The molecule has 37 heavy (non-hydrogen) atoms. The smallest absolute Gasteiger partial charge is 0.337 e. The van der Waals surface area contributed by atoms with Gasteiger partial charge in [0, 0.05) is 11.3 Å². The van der Waals surface area contributed by atoms with Gasteiger partial charge in [0.05, 0.1) is 25.3 Å². The van der Waals surface area contributed by atoms with Crippen molar-refractivity contribution in [3.05, 3.63) is 125 Å². The molecule has 6 heteroatoms. The Balaban J connectivity index is 1.62. The lowest BCUT2D eigenvalue weighted by atomic mass is 9.90. The van der Waals surface area contributed by atoms with E-state index in [0.717, 1.165) is 27.5 Å². The van der Waals surface area contributed by atoms with Crippen LogP contribution in [0, 0.1) is 0 Å². The predicted molar refractivity (Wildman–Crippen MR) is 143 cm³/mol. The van der Waals surface area contributed by atoms with Crippen LogP contribution >= 0.6 is 0 Å². The second-order valence-corrected chi connectivity index (χ2v) is 8.92. The molecular weight excluding hydrogens is 464 g/mol. The van der Waals surface area contributed by atoms with Crippen LogP contribution in [0.1, 0.15) is 29.7 Å². The summed E-state index contributed by atoms with van der Waals surface area (Å²) in [5, 5.41) is 4.95. The summed E-state index contributed by atoms with van der Waals surface area (Å²) in [7, 11) is 1.35. The molecule has 186 valence electrons. The molecule has 1 atom stereocenters. The number of ether oxygens (including phenoxy) is 2. The molecule has 0 saturated heterocycles. The molecule has 1 unspecified atom stereocenters. The normalized spacial score (nSPS) is 15.5. The topological polar surface area (TPSA) is 67.9 Å². The third-order valence-electron chi connectivity index (χ3n) is 6.64. The Hall–Kier alpha value is -4.58. The van der Waals surface area contributed by atoms with E-state index < -0.39 is 12.0 Å². The van der Waals surface area contributed by atoms with Crippen molar-refractivity contribution in [2.75, 3.05) is 7.11 Å². The average molecular weight is 493 g/mol. The molecule has 6 nitrogen and oxygen atoms in total. The highest BCUT2D eigenvalue weighted by Gasteiger charge is 2.38. The first-order valence-corrected chi connectivity index (χ1v) is 12.2. The minimum atomic E-state index is -0.746. The molecule has 2 amide bonds. The van der Waals surface area contributed by atoms with Crippen LogP contribution in [0.5, 0.6) is 5.75 Å². The number of rotatable bonds is 7. The van der Waals surface area contributed by atoms with E-state index in [-0.39, 0.29) is 6.03 Å². The fourth-order valence-corrected chi connectivity index (χ4v) is 4.76. The van der Waals surface area contributed by atoms with E-state index >= 15 is 0 Å². The Morgan fingerprint density at radius 3 is 2.22 bits per heavy atom. The summed E-state index contributed by atoms with van der Waals surface area (Å²) in [5.41, 5.74) is 3.62. The highest BCUT2D eigenvalue weighted by molar-refractivity contribution is 5.98. The van der Waals surface area contributed by atoms with E-state index in [1.165, 1.54) is 7.11 Å². The lowest BCUT2D eigenvalue weighted by molar-refractivity contribution is -0.136. The van der Waals surface area contributed by atoms with Crippen molar-refractivity contribution in [2.24, 2.45) is 0 Å². The number of esters is 1. The van der Waals surface area contributed by atoms with E-state index in [4.69, 9.17) is 9.47 Å². The first-order chi connectivity index (χ1) is 18.1. The van der Waals surface area contributed by atoms with Gasteiger partial charge >= 0.3 is 12.0 Å². The van der Waals surface area contributed by atoms with Crippen LogP contribution in [0.15, 0.2) is 108 Å². The molecule has 4 aromatic carbocycles. The van der Waals surface area contributed by atoms with Gasteiger partial charge in [-0.25, -0.2) is 9.59 Å². The van der Waals surface area contributed by atoms with Gasteiger partial charge in [0.1, 0.15) is 12.4 Å². The van der Waals surface area contributed by atoms with Gasteiger partial charge in [0.25, 0.3) is 0 Å². The van der Waals surface area contributed by atoms with E-state index in [9.17, 15) is 9.59 Å². The molecular formula is C31H28N2O4. The highest BCUT2D eigenvalue weighted by atomic mass is 16.5. The van der Waals surface area contributed by atoms with Crippen LogP contribution in [0.4, 0.5) is 4.79 Å². The number of carbonyl (C=O) groups is 2. The predicted octanol–water partition coefficient (Wildman–Crippen LogP) is 6.13. The summed E-state index contributed by atoms with van der Waals surface area (Å²) in [5.74, 6) is 0.0982. The summed E-state index contributed by atoms with van der Waals surface area (Å²) in [6.07, 6.45) is 0. The molecule has 0 spiro atoms. The zero-order valence-electron chi connectivity index (χ0n) is 20.8. The number of methoxy groups -OCH3 is 1. The molecule has 0 aliphatic carbocycles. The highest BCUT2D eigenvalue weighted by Crippen LogP contribution is 2.40. The third-order valence-corrected chi connectivity index (χ3v) is 6.64. The van der Waals surface area contributed by atoms with Crippen LogP contribution in [-0.2, 0) is 22.7 Å². The molecule has 0 bridgehead atoms. The molecule has 0 aromatic heterocycles. The maximum atomic E-state index is 13.5. The number of allylic oxidation sites excluding steroid dienone is 1. The Bertz CT molecular complexity index is 1460. The van der Waals surface area contributed by atoms with Crippen LogP contribution in [-0.4, -0.2) is 24.0 Å². The quantitative estimate of drug-likeness (QED) is 0.315. The number of hydrogen-bond acceptors (Lipinski definition) is 4. The molecule has 0 fully saturated rings. The monoisotopic (exact) mass is 492 g/mol. The van der Waals surface area contributed by atoms with Crippen molar-refractivity contribution in [3.8, 4) is 5.75 Å². The summed E-state index contributed by atoms with van der Waals surface area (Å²) >= 11 is 0. The Kier molecular flexibility index (Phi) is 6.90. The minimum Gasteiger partial charge on any atom is -0.489 e. The maximum Gasteiger partial charge on any atom is 0.337 e. The number of hydrogen-bond donors (Lipinski definition) is 1. The minimum absolute atomic E-state index is 0.291. The molecule has 1 N–H and O–H groups in total. The molecule has 5 rings (SSSR count). The summed E-state index contributed by atoms with van der Waals surface area (Å²) in [6.45, 7) is 2.47. The summed E-state index contributed by atoms with van der Waals surface area (Å²) in [4.78, 5) is 28.2. The number of urea groups is 1. The third kappa shape index (κ3) is 4.91. The van der Waals surface area contributed by atoms with Crippen LogP contribution in [0.3, 0.4) is 0 Å². The van der Waals surface area contributed by atoms with Crippen LogP contribution in [0.25, 0.3) is 10.8 Å². The van der Waals surface area contributed by atoms with Crippen molar-refractivity contribution in [2.45, 2.75) is 26.1 Å². The fraction of sp³-hybridized carbons (Fsp3) is 0.161. The zero-order valence-corrected chi connectivity index (χ0v) is 20.8. The first-order valence-electron chi connectivity index (χ1n) is 12.2. The van der Waals surface area contributed by atoms with Gasteiger partial charge in [-0.1, -0.05) is 91.0 Å². The van der Waals surface area contributed by atoms with E-state index in [1.807, 2.05) is 97.1 Å². The number of nitrogens with one attached hydrogen (secondary N) is 1. The van der Waals surface area contributed by atoms with Crippen molar-refractivity contribution in [1.29, 1.82) is 0 Å². The molecule has 1 aliphatic heterocycles. The van der Waals surface area contributed by atoms with Gasteiger partial charge < -0.3 is 14.8 Å². The largest absolute Gasteiger partial charge is 0.489 e. The number of nitrogens with zero attached hydrogens (tertiary/aromatic N) is 1. The van der Waals surface area contributed by atoms with Crippen molar-refractivity contribution < 1.29 is 19.1 Å². The van der Waals surface area contributed by atoms with Crippen molar-refractivity contribution in [3.63, 3.8) is 0 Å². The Morgan fingerprint density at radius 2 is 1.51 bits per heavy atom. The van der Waals surface area contributed by atoms with Crippen LogP contribution < -0.4 is 10.1 Å².